The summed E-state index contributed by atoms with van der Waals surface area (Å²) in [7, 11) is -3.83. The van der Waals surface area contributed by atoms with E-state index in [0.29, 0.717) is 28.8 Å². The van der Waals surface area contributed by atoms with Crippen LogP contribution in [0.15, 0.2) is 45.9 Å². The Kier molecular flexibility index (Phi) is 5.56. The number of aryl methyl sites for hydroxylation is 2. The Balaban J connectivity index is 1.43. The number of primary sulfonamides is 1. The average Bonchev–Trinajstić information content (AvgIpc) is 3.25. The minimum absolute atomic E-state index is 0.00180. The first-order chi connectivity index (χ1) is 15.0. The van der Waals surface area contributed by atoms with Gasteiger partial charge in [0.1, 0.15) is 5.58 Å². The molecule has 0 fully saturated rings. The molecule has 168 valence electrons. The molecule has 1 aliphatic heterocycles. The van der Waals surface area contributed by atoms with Crippen molar-refractivity contribution < 1.29 is 27.2 Å². The Morgan fingerprint density at radius 2 is 1.91 bits per heavy atom. The van der Waals surface area contributed by atoms with Crippen molar-refractivity contribution in [1.82, 2.24) is 0 Å². The predicted octanol–water partition coefficient (Wildman–Crippen LogP) is 2.76. The Morgan fingerprint density at radius 1 is 1.19 bits per heavy atom. The van der Waals surface area contributed by atoms with E-state index in [9.17, 15) is 18.0 Å². The van der Waals surface area contributed by atoms with Crippen molar-refractivity contribution >= 4 is 38.6 Å². The predicted molar refractivity (Wildman–Crippen MR) is 119 cm³/mol. The van der Waals surface area contributed by atoms with E-state index in [4.69, 9.17) is 14.3 Å². The Hall–Kier alpha value is -3.17. The third kappa shape index (κ3) is 4.13. The number of hydrogen-bond acceptors (Lipinski definition) is 6. The first-order valence-electron chi connectivity index (χ1n) is 10.2. The fourth-order valence-electron chi connectivity index (χ4n) is 4.06. The van der Waals surface area contributed by atoms with Gasteiger partial charge in [-0.3, -0.25) is 9.59 Å². The highest BCUT2D eigenvalue weighted by molar-refractivity contribution is 7.89. The molecule has 0 aliphatic carbocycles. The number of furan rings is 1. The van der Waals surface area contributed by atoms with Crippen LogP contribution in [-0.4, -0.2) is 32.9 Å². The van der Waals surface area contributed by atoms with E-state index in [1.807, 2.05) is 32.9 Å². The summed E-state index contributed by atoms with van der Waals surface area (Å²) in [6.07, 6.45) is 2.01. The first-order valence-corrected chi connectivity index (χ1v) is 11.7. The quantitative estimate of drug-likeness (QED) is 0.590. The van der Waals surface area contributed by atoms with Crippen LogP contribution in [0.3, 0.4) is 0 Å². The van der Waals surface area contributed by atoms with Crippen LogP contribution >= 0.6 is 0 Å². The summed E-state index contributed by atoms with van der Waals surface area (Å²) >= 11 is 0. The molecule has 1 amide bonds. The van der Waals surface area contributed by atoms with E-state index in [-0.39, 0.29) is 23.3 Å². The molecule has 0 radical (unpaired) electrons. The average molecular weight is 457 g/mol. The van der Waals surface area contributed by atoms with Gasteiger partial charge in [-0.05, 0) is 74.2 Å². The molecule has 0 saturated carbocycles. The molecule has 8 nitrogen and oxygen atoms in total. The zero-order valence-electron chi connectivity index (χ0n) is 18.0. The lowest BCUT2D eigenvalue weighted by molar-refractivity contribution is -0.147. The zero-order valence-corrected chi connectivity index (χ0v) is 18.9. The summed E-state index contributed by atoms with van der Waals surface area (Å²) in [6.45, 7) is 5.42. The van der Waals surface area contributed by atoms with E-state index in [0.717, 1.165) is 16.5 Å². The highest BCUT2D eigenvalue weighted by atomic mass is 32.2. The van der Waals surface area contributed by atoms with Crippen molar-refractivity contribution in [1.29, 1.82) is 0 Å². The van der Waals surface area contributed by atoms with Crippen molar-refractivity contribution in [2.75, 3.05) is 11.5 Å². The van der Waals surface area contributed by atoms with Gasteiger partial charge in [-0.1, -0.05) is 0 Å². The minimum atomic E-state index is -3.83. The highest BCUT2D eigenvalue weighted by Crippen LogP contribution is 2.34. The Labute approximate surface area is 186 Å². The van der Waals surface area contributed by atoms with Crippen molar-refractivity contribution in [2.24, 2.45) is 5.14 Å². The highest BCUT2D eigenvalue weighted by Gasteiger charge is 2.32. The van der Waals surface area contributed by atoms with Crippen LogP contribution in [0.2, 0.25) is 0 Å². The van der Waals surface area contributed by atoms with Crippen LogP contribution in [0.25, 0.3) is 11.0 Å². The normalized spacial score (nSPS) is 15.8. The van der Waals surface area contributed by atoms with Crippen molar-refractivity contribution in [3.05, 3.63) is 58.8 Å². The lowest BCUT2D eigenvalue weighted by Gasteiger charge is -2.22. The van der Waals surface area contributed by atoms with Crippen LogP contribution in [0, 0.1) is 13.8 Å². The SMILES string of the molecule is Cc1cc2occ(CC(=O)OCC(=O)N3c4ccc(S(N)(=O)=O)cc4CC3C)c2cc1C. The number of carbonyl (C=O) groups is 2. The maximum Gasteiger partial charge on any atom is 0.310 e. The number of hydrogen-bond donors (Lipinski definition) is 1. The molecular weight excluding hydrogens is 432 g/mol. The Morgan fingerprint density at radius 3 is 2.62 bits per heavy atom. The molecule has 2 N–H and O–H groups in total. The van der Waals surface area contributed by atoms with E-state index in [1.54, 1.807) is 6.07 Å². The molecule has 2 aromatic carbocycles. The van der Waals surface area contributed by atoms with Crippen LogP contribution < -0.4 is 10.0 Å². The monoisotopic (exact) mass is 456 g/mol. The second-order valence-corrected chi connectivity index (χ2v) is 9.74. The van der Waals surface area contributed by atoms with E-state index >= 15 is 0 Å². The number of sulfonamides is 1. The minimum Gasteiger partial charge on any atom is -0.464 e. The number of nitrogens with zero attached hydrogens (tertiary/aromatic N) is 1. The fourth-order valence-corrected chi connectivity index (χ4v) is 4.62. The van der Waals surface area contributed by atoms with Gasteiger partial charge in [0.25, 0.3) is 5.91 Å². The van der Waals surface area contributed by atoms with Crippen LogP contribution in [0.5, 0.6) is 0 Å². The molecule has 3 aromatic rings. The molecule has 0 saturated heterocycles. The third-order valence-electron chi connectivity index (χ3n) is 5.83. The molecule has 0 bridgehead atoms. The van der Waals surface area contributed by atoms with Crippen molar-refractivity contribution in [3.63, 3.8) is 0 Å². The lowest BCUT2D eigenvalue weighted by atomic mass is 10.0. The molecular formula is C23H24N2O6S. The number of fused-ring (bicyclic) bond motifs is 2. The van der Waals surface area contributed by atoms with Crippen LogP contribution in [0.1, 0.15) is 29.2 Å². The second-order valence-electron chi connectivity index (χ2n) is 8.18. The smallest absolute Gasteiger partial charge is 0.310 e. The van der Waals surface area contributed by atoms with Gasteiger partial charge in [0, 0.05) is 22.7 Å². The summed E-state index contributed by atoms with van der Waals surface area (Å²) in [6, 6.07) is 8.11. The lowest BCUT2D eigenvalue weighted by Crippen LogP contribution is -2.38. The number of carbonyl (C=O) groups excluding carboxylic acids is 2. The molecule has 2 heterocycles. The van der Waals surface area contributed by atoms with Crippen molar-refractivity contribution in [3.8, 4) is 0 Å². The number of ether oxygens (including phenoxy) is 1. The summed E-state index contributed by atoms with van der Waals surface area (Å²) in [5, 5.41) is 6.05. The van der Waals surface area contributed by atoms with Gasteiger partial charge in [-0.15, -0.1) is 0 Å². The number of nitrogens with two attached hydrogens (primary N) is 1. The number of amides is 1. The molecule has 9 heteroatoms. The molecule has 4 rings (SSSR count). The van der Waals surface area contributed by atoms with Gasteiger partial charge in [-0.2, -0.15) is 0 Å². The fraction of sp³-hybridized carbons (Fsp3) is 0.304. The molecule has 1 atom stereocenters. The van der Waals surface area contributed by atoms with Gasteiger partial charge in [-0.25, -0.2) is 13.6 Å². The van der Waals surface area contributed by atoms with Gasteiger partial charge < -0.3 is 14.1 Å². The number of benzene rings is 2. The zero-order chi connectivity index (χ0) is 23.2. The number of rotatable bonds is 5. The largest absolute Gasteiger partial charge is 0.464 e. The summed E-state index contributed by atoms with van der Waals surface area (Å²) in [5.74, 6) is -0.910. The maximum absolute atomic E-state index is 12.8. The number of esters is 1. The van der Waals surface area contributed by atoms with Crippen molar-refractivity contribution in [2.45, 2.75) is 44.6 Å². The number of anilines is 1. The second kappa shape index (κ2) is 8.07. The molecule has 0 spiro atoms. The maximum atomic E-state index is 12.8. The van der Waals surface area contributed by atoms with Gasteiger partial charge in [0.2, 0.25) is 10.0 Å². The summed E-state index contributed by atoms with van der Waals surface area (Å²) < 4.78 is 34.0. The van der Waals surface area contributed by atoms with E-state index in [1.165, 1.54) is 23.3 Å². The van der Waals surface area contributed by atoms with E-state index in [2.05, 4.69) is 0 Å². The molecule has 1 aromatic heterocycles. The third-order valence-corrected chi connectivity index (χ3v) is 6.74. The summed E-state index contributed by atoms with van der Waals surface area (Å²) in [4.78, 5) is 26.7. The first kappa shape index (κ1) is 22.0. The topological polar surface area (TPSA) is 120 Å². The van der Waals surface area contributed by atoms with E-state index < -0.39 is 22.6 Å². The standard InChI is InChI=1S/C23H24N2O6S/c1-13-6-19-17(11-30-21(19)7-14(13)2)10-23(27)31-12-22(26)25-15(3)8-16-9-18(32(24,28)29)4-5-20(16)25/h4-7,9,11,15H,8,10,12H2,1-3H3,(H2,24,28,29). The van der Waals surface area contributed by atoms with Gasteiger partial charge >= 0.3 is 5.97 Å². The molecule has 32 heavy (non-hydrogen) atoms. The van der Waals surface area contributed by atoms with Crippen LogP contribution in [0.4, 0.5) is 5.69 Å². The summed E-state index contributed by atoms with van der Waals surface area (Å²) in [5.41, 5.74) is 4.90. The molecule has 1 aliphatic rings. The molecule has 1 unspecified atom stereocenters. The Bertz CT molecular complexity index is 1340. The van der Waals surface area contributed by atoms with Gasteiger partial charge in [0.15, 0.2) is 6.61 Å². The van der Waals surface area contributed by atoms with Gasteiger partial charge in [0.05, 0.1) is 17.6 Å². The van der Waals surface area contributed by atoms with Crippen LogP contribution in [-0.2, 0) is 37.2 Å².